The Balaban J connectivity index is 1.52. The number of likely N-dealkylation sites (tertiary alicyclic amines) is 1. The Morgan fingerprint density at radius 3 is 2.90 bits per heavy atom. The van der Waals surface area contributed by atoms with Crippen molar-refractivity contribution in [1.82, 2.24) is 4.90 Å². The van der Waals surface area contributed by atoms with Gasteiger partial charge in [0.1, 0.15) is 5.75 Å². The number of carbonyl (C=O) groups excluding carboxylic acids is 1. The van der Waals surface area contributed by atoms with E-state index < -0.39 is 0 Å². The molecule has 0 spiro atoms. The number of hydrogen-bond donors (Lipinski definition) is 1. The summed E-state index contributed by atoms with van der Waals surface area (Å²) in [6, 6.07) is 7.91. The van der Waals surface area contributed by atoms with E-state index in [0.717, 1.165) is 23.8 Å². The van der Waals surface area contributed by atoms with Gasteiger partial charge in [0.2, 0.25) is 0 Å². The highest BCUT2D eigenvalue weighted by Crippen LogP contribution is 2.40. The number of carbonyl (C=O) groups is 1. The average Bonchev–Trinajstić information content (AvgIpc) is 3.19. The third-order valence-corrected chi connectivity index (χ3v) is 4.34. The zero-order valence-electron chi connectivity index (χ0n) is 11.9. The summed E-state index contributed by atoms with van der Waals surface area (Å²) in [6.45, 7) is 3.60. The minimum Gasteiger partial charge on any atom is -0.484 e. The van der Waals surface area contributed by atoms with Crippen LogP contribution in [0.4, 0.5) is 0 Å². The molecule has 0 bridgehead atoms. The van der Waals surface area contributed by atoms with Crippen molar-refractivity contribution < 1.29 is 9.53 Å². The second kappa shape index (κ2) is 5.44. The molecule has 1 aliphatic carbocycles. The number of benzene rings is 1. The largest absolute Gasteiger partial charge is 0.484 e. The van der Waals surface area contributed by atoms with Crippen LogP contribution in [-0.2, 0) is 4.79 Å². The van der Waals surface area contributed by atoms with Crippen LogP contribution < -0.4 is 10.5 Å². The van der Waals surface area contributed by atoms with Crippen LogP contribution in [-0.4, -0.2) is 36.5 Å². The molecule has 1 amide bonds. The summed E-state index contributed by atoms with van der Waals surface area (Å²) < 4.78 is 5.58. The number of nitrogens with zero attached hydrogens (tertiary/aromatic N) is 1. The maximum Gasteiger partial charge on any atom is 0.260 e. The summed E-state index contributed by atoms with van der Waals surface area (Å²) in [6.07, 6.45) is 2.56. The molecule has 1 heterocycles. The number of amides is 1. The van der Waals surface area contributed by atoms with E-state index in [2.05, 4.69) is 0 Å². The lowest BCUT2D eigenvalue weighted by atomic mass is 9.99. The molecule has 4 nitrogen and oxygen atoms in total. The fourth-order valence-electron chi connectivity index (χ4n) is 3.02. The van der Waals surface area contributed by atoms with Crippen LogP contribution >= 0.6 is 0 Å². The summed E-state index contributed by atoms with van der Waals surface area (Å²) in [7, 11) is 0. The third kappa shape index (κ3) is 2.96. The smallest absolute Gasteiger partial charge is 0.260 e. The molecular formula is C16H22N2O2. The molecule has 0 unspecified atom stereocenters. The van der Waals surface area contributed by atoms with Crippen molar-refractivity contribution in [3.63, 3.8) is 0 Å². The van der Waals surface area contributed by atoms with Gasteiger partial charge in [-0.3, -0.25) is 4.79 Å². The molecule has 2 N–H and O–H groups in total. The second-order valence-corrected chi connectivity index (χ2v) is 6.07. The first-order valence-corrected chi connectivity index (χ1v) is 7.36. The van der Waals surface area contributed by atoms with Crippen molar-refractivity contribution in [3.05, 3.63) is 29.8 Å². The van der Waals surface area contributed by atoms with E-state index in [1.165, 1.54) is 12.8 Å². The molecule has 1 aliphatic heterocycles. The molecule has 2 atom stereocenters. The zero-order chi connectivity index (χ0) is 14.1. The van der Waals surface area contributed by atoms with Crippen molar-refractivity contribution in [2.24, 2.45) is 17.6 Å². The molecule has 1 saturated heterocycles. The summed E-state index contributed by atoms with van der Waals surface area (Å²) in [5, 5.41) is 0. The molecular weight excluding hydrogens is 252 g/mol. The first kappa shape index (κ1) is 13.4. The Hall–Kier alpha value is -1.55. The van der Waals surface area contributed by atoms with Crippen molar-refractivity contribution in [2.45, 2.75) is 25.8 Å². The number of ether oxygens (including phenoxy) is 1. The molecule has 0 aromatic heterocycles. The van der Waals surface area contributed by atoms with E-state index in [1.807, 2.05) is 36.1 Å². The topological polar surface area (TPSA) is 55.6 Å². The number of nitrogens with two attached hydrogens (primary N) is 1. The SMILES string of the molecule is Cc1cccc(OCC(=O)N2C[C@H](C3CC3)[C@@H](N)C2)c1. The lowest BCUT2D eigenvalue weighted by molar-refractivity contribution is -0.132. The fraction of sp³-hybridized carbons (Fsp3) is 0.562. The maximum absolute atomic E-state index is 12.2. The van der Waals surface area contributed by atoms with Crippen molar-refractivity contribution >= 4 is 5.91 Å². The van der Waals surface area contributed by atoms with E-state index in [1.54, 1.807) is 0 Å². The quantitative estimate of drug-likeness (QED) is 0.906. The Morgan fingerprint density at radius 2 is 2.20 bits per heavy atom. The molecule has 20 heavy (non-hydrogen) atoms. The van der Waals surface area contributed by atoms with Crippen molar-refractivity contribution in [3.8, 4) is 5.75 Å². The van der Waals surface area contributed by atoms with Gasteiger partial charge in [-0.05, 0) is 49.3 Å². The van der Waals surface area contributed by atoms with Crippen molar-refractivity contribution in [2.75, 3.05) is 19.7 Å². The van der Waals surface area contributed by atoms with Crippen LogP contribution in [0, 0.1) is 18.8 Å². The van der Waals surface area contributed by atoms with Gasteiger partial charge in [-0.25, -0.2) is 0 Å². The molecule has 0 radical (unpaired) electrons. The normalized spacial score (nSPS) is 25.8. The van der Waals surface area contributed by atoms with Gasteiger partial charge < -0.3 is 15.4 Å². The molecule has 108 valence electrons. The molecule has 2 aliphatic rings. The monoisotopic (exact) mass is 274 g/mol. The molecule has 3 rings (SSSR count). The van der Waals surface area contributed by atoms with E-state index in [9.17, 15) is 4.79 Å². The van der Waals surface area contributed by atoms with Crippen LogP contribution in [0.2, 0.25) is 0 Å². The second-order valence-electron chi connectivity index (χ2n) is 6.07. The number of rotatable bonds is 4. The van der Waals surface area contributed by atoms with Crippen molar-refractivity contribution in [1.29, 1.82) is 0 Å². The third-order valence-electron chi connectivity index (χ3n) is 4.34. The van der Waals surface area contributed by atoms with Gasteiger partial charge in [0, 0.05) is 19.1 Å². The Morgan fingerprint density at radius 1 is 1.40 bits per heavy atom. The number of aryl methyl sites for hydroxylation is 1. The van der Waals surface area contributed by atoms with Gasteiger partial charge in [-0.2, -0.15) is 0 Å². The first-order valence-electron chi connectivity index (χ1n) is 7.36. The molecule has 2 fully saturated rings. The zero-order valence-corrected chi connectivity index (χ0v) is 11.9. The highest BCUT2D eigenvalue weighted by molar-refractivity contribution is 5.78. The van der Waals surface area contributed by atoms with Gasteiger partial charge in [-0.15, -0.1) is 0 Å². The minimum absolute atomic E-state index is 0.0464. The summed E-state index contributed by atoms with van der Waals surface area (Å²) >= 11 is 0. The van der Waals surface area contributed by atoms with E-state index in [0.29, 0.717) is 12.5 Å². The lowest BCUT2D eigenvalue weighted by Crippen LogP contribution is -2.35. The van der Waals surface area contributed by atoms with Gasteiger partial charge in [0.25, 0.3) is 5.91 Å². The predicted octanol–water partition coefficient (Wildman–Crippen LogP) is 1.57. The molecule has 1 aromatic carbocycles. The van der Waals surface area contributed by atoms with Gasteiger partial charge in [0.05, 0.1) is 0 Å². The van der Waals surface area contributed by atoms with Crippen LogP contribution in [0.1, 0.15) is 18.4 Å². The van der Waals surface area contributed by atoms with Gasteiger partial charge in [0.15, 0.2) is 6.61 Å². The van der Waals surface area contributed by atoms with E-state index >= 15 is 0 Å². The fourth-order valence-corrected chi connectivity index (χ4v) is 3.02. The average molecular weight is 274 g/mol. The molecule has 1 saturated carbocycles. The Kier molecular flexibility index (Phi) is 3.66. The first-order chi connectivity index (χ1) is 9.63. The highest BCUT2D eigenvalue weighted by Gasteiger charge is 2.42. The van der Waals surface area contributed by atoms with Gasteiger partial charge in [-0.1, -0.05) is 12.1 Å². The standard InChI is InChI=1S/C16H22N2O2/c1-11-3-2-4-13(7-11)20-10-16(19)18-8-14(12-5-6-12)15(17)9-18/h2-4,7,12,14-15H,5-6,8-10,17H2,1H3/t14-,15+/m1/s1. The summed E-state index contributed by atoms with van der Waals surface area (Å²) in [4.78, 5) is 14.0. The maximum atomic E-state index is 12.2. The van der Waals surface area contributed by atoms with Gasteiger partial charge >= 0.3 is 0 Å². The van der Waals surface area contributed by atoms with Crippen LogP contribution in [0.15, 0.2) is 24.3 Å². The minimum atomic E-state index is 0.0464. The van der Waals surface area contributed by atoms with E-state index in [-0.39, 0.29) is 18.6 Å². The Labute approximate surface area is 119 Å². The van der Waals surface area contributed by atoms with Crippen LogP contribution in [0.25, 0.3) is 0 Å². The lowest BCUT2D eigenvalue weighted by Gasteiger charge is -2.16. The molecule has 4 heteroatoms. The van der Waals surface area contributed by atoms with E-state index in [4.69, 9.17) is 10.5 Å². The molecule has 1 aromatic rings. The summed E-state index contributed by atoms with van der Waals surface area (Å²) in [5.74, 6) is 2.05. The Bertz CT molecular complexity index is 499. The van der Waals surface area contributed by atoms with Crippen LogP contribution in [0.5, 0.6) is 5.75 Å². The predicted molar refractivity (Wildman–Crippen MR) is 77.4 cm³/mol. The highest BCUT2D eigenvalue weighted by atomic mass is 16.5. The van der Waals surface area contributed by atoms with Crippen LogP contribution in [0.3, 0.4) is 0 Å². The summed E-state index contributed by atoms with van der Waals surface area (Å²) in [5.41, 5.74) is 7.27. The number of hydrogen-bond acceptors (Lipinski definition) is 3.